The molecule has 2 saturated heterocycles. The molecule has 0 aromatic rings. The maximum Gasteiger partial charge on any atom is 0.0784 e. The minimum Gasteiger partial charge on any atom is -0.389 e. The molecule has 2 heterocycles. The molecule has 0 radical (unpaired) electrons. The Morgan fingerprint density at radius 3 is 2.94 bits per heavy atom. The molecular formula is C14H27NO2S. The van der Waals surface area contributed by atoms with Crippen molar-refractivity contribution >= 4 is 11.8 Å². The van der Waals surface area contributed by atoms with Crippen LogP contribution in [0, 0.1) is 5.92 Å². The molecule has 4 heteroatoms. The lowest BCUT2D eigenvalue weighted by Crippen LogP contribution is -2.52. The van der Waals surface area contributed by atoms with Crippen molar-refractivity contribution < 1.29 is 9.84 Å². The first-order chi connectivity index (χ1) is 8.44. The number of ether oxygens (including phenoxy) is 1. The highest BCUT2D eigenvalue weighted by Crippen LogP contribution is 2.43. The van der Waals surface area contributed by atoms with Crippen LogP contribution in [-0.4, -0.2) is 47.0 Å². The predicted molar refractivity (Wildman–Crippen MR) is 77.1 cm³/mol. The topological polar surface area (TPSA) is 41.5 Å². The quantitative estimate of drug-likeness (QED) is 0.822. The maximum atomic E-state index is 10.7. The maximum absolute atomic E-state index is 10.7. The predicted octanol–water partition coefficient (Wildman–Crippen LogP) is 2.04. The minimum atomic E-state index is -0.617. The first-order valence-electron chi connectivity index (χ1n) is 7.11. The summed E-state index contributed by atoms with van der Waals surface area (Å²) in [4.78, 5) is 0. The van der Waals surface area contributed by atoms with Crippen LogP contribution in [0.1, 0.15) is 40.0 Å². The standard InChI is InChI=1S/C14H27NO2S/c1-11(2)15-9-13(3,16)12-4-6-17-14(8-12)5-7-18-10-14/h11-12,15-16H,4-10H2,1-3H3. The van der Waals surface area contributed by atoms with Crippen molar-refractivity contribution in [3.8, 4) is 0 Å². The van der Waals surface area contributed by atoms with Crippen LogP contribution in [-0.2, 0) is 4.74 Å². The SMILES string of the molecule is CC(C)NCC(C)(O)C1CCOC2(CCSC2)C1. The Bertz CT molecular complexity index is 275. The van der Waals surface area contributed by atoms with Crippen molar-refractivity contribution in [2.45, 2.75) is 57.3 Å². The lowest BCUT2D eigenvalue weighted by molar-refractivity contribution is -0.126. The average molecular weight is 273 g/mol. The number of thioether (sulfide) groups is 1. The number of aliphatic hydroxyl groups is 1. The van der Waals surface area contributed by atoms with Crippen LogP contribution >= 0.6 is 11.8 Å². The molecule has 3 unspecified atom stereocenters. The third-order valence-corrected chi connectivity index (χ3v) is 5.53. The van der Waals surface area contributed by atoms with Gasteiger partial charge in [0.1, 0.15) is 0 Å². The van der Waals surface area contributed by atoms with Crippen molar-refractivity contribution in [3.63, 3.8) is 0 Å². The van der Waals surface area contributed by atoms with Crippen LogP contribution in [0.25, 0.3) is 0 Å². The van der Waals surface area contributed by atoms with Gasteiger partial charge in [0.2, 0.25) is 0 Å². The summed E-state index contributed by atoms with van der Waals surface area (Å²) in [6, 6.07) is 0.423. The molecule has 2 rings (SSSR count). The fourth-order valence-corrected chi connectivity index (χ4v) is 4.36. The lowest BCUT2D eigenvalue weighted by atomic mass is 9.76. The van der Waals surface area contributed by atoms with Gasteiger partial charge in [0.25, 0.3) is 0 Å². The second-order valence-corrected chi connectivity index (χ2v) is 7.52. The zero-order valence-electron chi connectivity index (χ0n) is 11.9. The molecule has 1 spiro atoms. The minimum absolute atomic E-state index is 0.0649. The summed E-state index contributed by atoms with van der Waals surface area (Å²) in [6.45, 7) is 7.71. The number of nitrogens with one attached hydrogen (secondary N) is 1. The molecule has 2 aliphatic heterocycles. The zero-order chi connectivity index (χ0) is 13.2. The van der Waals surface area contributed by atoms with Gasteiger partial charge in [-0.2, -0.15) is 11.8 Å². The fraction of sp³-hybridized carbons (Fsp3) is 1.00. The fourth-order valence-electron chi connectivity index (χ4n) is 2.98. The molecule has 0 aromatic heterocycles. The highest BCUT2D eigenvalue weighted by Gasteiger charge is 2.45. The van der Waals surface area contributed by atoms with Gasteiger partial charge in [-0.25, -0.2) is 0 Å². The molecule has 3 atom stereocenters. The van der Waals surface area contributed by atoms with E-state index in [0.717, 1.165) is 31.6 Å². The summed E-state index contributed by atoms with van der Waals surface area (Å²) in [7, 11) is 0. The van der Waals surface area contributed by atoms with Crippen LogP contribution in [0.5, 0.6) is 0 Å². The van der Waals surface area contributed by atoms with E-state index in [0.29, 0.717) is 18.5 Å². The normalized spacial score (nSPS) is 36.2. The Kier molecular flexibility index (Phi) is 4.63. The molecule has 0 bridgehead atoms. The Labute approximate surface area is 115 Å². The zero-order valence-corrected chi connectivity index (χ0v) is 12.7. The third kappa shape index (κ3) is 3.41. The van der Waals surface area contributed by atoms with Crippen molar-refractivity contribution in [1.29, 1.82) is 0 Å². The van der Waals surface area contributed by atoms with Gasteiger partial charge in [-0.1, -0.05) is 13.8 Å². The first kappa shape index (κ1) is 14.6. The Morgan fingerprint density at radius 1 is 1.56 bits per heavy atom. The second kappa shape index (κ2) is 5.70. The summed E-state index contributed by atoms with van der Waals surface area (Å²) in [5.41, 5.74) is -0.552. The Morgan fingerprint density at radius 2 is 2.33 bits per heavy atom. The third-order valence-electron chi connectivity index (χ3n) is 4.31. The average Bonchev–Trinajstić information content (AvgIpc) is 2.75. The van der Waals surface area contributed by atoms with E-state index < -0.39 is 5.60 Å². The highest BCUT2D eigenvalue weighted by atomic mass is 32.2. The van der Waals surface area contributed by atoms with Gasteiger partial charge in [-0.15, -0.1) is 0 Å². The molecule has 0 saturated carbocycles. The smallest absolute Gasteiger partial charge is 0.0784 e. The van der Waals surface area contributed by atoms with Gasteiger partial charge in [0.05, 0.1) is 11.2 Å². The van der Waals surface area contributed by atoms with Crippen LogP contribution in [0.4, 0.5) is 0 Å². The lowest BCUT2D eigenvalue weighted by Gasteiger charge is -2.44. The van der Waals surface area contributed by atoms with Crippen LogP contribution in [0.15, 0.2) is 0 Å². The van der Waals surface area contributed by atoms with E-state index in [1.807, 2.05) is 18.7 Å². The molecule has 2 N–H and O–H groups in total. The molecule has 2 fully saturated rings. The molecular weight excluding hydrogens is 246 g/mol. The van der Waals surface area contributed by atoms with E-state index in [2.05, 4.69) is 19.2 Å². The van der Waals surface area contributed by atoms with E-state index in [1.54, 1.807) is 0 Å². The number of hydrogen-bond acceptors (Lipinski definition) is 4. The van der Waals surface area contributed by atoms with Gasteiger partial charge in [0.15, 0.2) is 0 Å². The van der Waals surface area contributed by atoms with Crippen LogP contribution in [0.3, 0.4) is 0 Å². The van der Waals surface area contributed by atoms with Gasteiger partial charge < -0.3 is 15.2 Å². The molecule has 0 aliphatic carbocycles. The monoisotopic (exact) mass is 273 g/mol. The molecule has 2 aliphatic rings. The summed E-state index contributed by atoms with van der Waals surface area (Å²) in [5, 5.41) is 14.1. The van der Waals surface area contributed by atoms with Crippen molar-refractivity contribution in [1.82, 2.24) is 5.32 Å². The molecule has 0 aromatic carbocycles. The molecule has 0 amide bonds. The Balaban J connectivity index is 1.94. The van der Waals surface area contributed by atoms with Crippen molar-refractivity contribution in [3.05, 3.63) is 0 Å². The van der Waals surface area contributed by atoms with E-state index >= 15 is 0 Å². The summed E-state index contributed by atoms with van der Waals surface area (Å²) < 4.78 is 6.03. The van der Waals surface area contributed by atoms with Crippen LogP contribution < -0.4 is 5.32 Å². The van der Waals surface area contributed by atoms with Crippen molar-refractivity contribution in [2.24, 2.45) is 5.92 Å². The van der Waals surface area contributed by atoms with E-state index in [1.165, 1.54) is 5.75 Å². The number of hydrogen-bond donors (Lipinski definition) is 2. The number of rotatable bonds is 4. The van der Waals surface area contributed by atoms with Gasteiger partial charge >= 0.3 is 0 Å². The summed E-state index contributed by atoms with van der Waals surface area (Å²) in [6.07, 6.45) is 3.16. The first-order valence-corrected chi connectivity index (χ1v) is 8.26. The second-order valence-electron chi connectivity index (χ2n) is 6.42. The highest BCUT2D eigenvalue weighted by molar-refractivity contribution is 7.99. The summed E-state index contributed by atoms with van der Waals surface area (Å²) >= 11 is 1.99. The largest absolute Gasteiger partial charge is 0.389 e. The Hall–Kier alpha value is 0.230. The molecule has 106 valence electrons. The van der Waals surface area contributed by atoms with E-state index in [-0.39, 0.29) is 5.60 Å². The van der Waals surface area contributed by atoms with E-state index in [9.17, 15) is 5.11 Å². The summed E-state index contributed by atoms with van der Waals surface area (Å²) in [5.74, 6) is 2.67. The van der Waals surface area contributed by atoms with Gasteiger partial charge in [0, 0.05) is 24.9 Å². The van der Waals surface area contributed by atoms with Crippen LogP contribution in [0.2, 0.25) is 0 Å². The van der Waals surface area contributed by atoms with Gasteiger partial charge in [-0.05, 0) is 37.9 Å². The van der Waals surface area contributed by atoms with E-state index in [4.69, 9.17) is 4.74 Å². The molecule has 18 heavy (non-hydrogen) atoms. The van der Waals surface area contributed by atoms with Gasteiger partial charge in [-0.3, -0.25) is 0 Å². The molecule has 3 nitrogen and oxygen atoms in total. The van der Waals surface area contributed by atoms with Crippen molar-refractivity contribution in [2.75, 3.05) is 24.7 Å².